The van der Waals surface area contributed by atoms with Crippen molar-refractivity contribution in [2.75, 3.05) is 28.2 Å². The molecular weight excluding hydrogens is 856 g/mol. The average molecular weight is 907 g/mol. The maximum absolute atomic E-state index is 13.3. The van der Waals surface area contributed by atoms with Crippen molar-refractivity contribution in [3.8, 4) is 11.5 Å². The van der Waals surface area contributed by atoms with Gasteiger partial charge in [0, 0.05) is 23.0 Å². The number of primary amides is 2. The van der Waals surface area contributed by atoms with E-state index < -0.39 is 151 Å². The summed E-state index contributed by atoms with van der Waals surface area (Å²) in [6.45, 7) is 3.35. The summed E-state index contributed by atoms with van der Waals surface area (Å²) in [5.74, 6) is -17.7. The third-order valence-corrected chi connectivity index (χ3v) is 14.0. The van der Waals surface area contributed by atoms with Crippen LogP contribution in [0.4, 0.5) is 0 Å². The van der Waals surface area contributed by atoms with E-state index in [1.165, 1.54) is 50.1 Å². The molecular formula is C44H50N4O17. The Morgan fingerprint density at radius 2 is 0.892 bits per heavy atom. The zero-order chi connectivity index (χ0) is 47.7. The van der Waals surface area contributed by atoms with Gasteiger partial charge in [0.2, 0.25) is 11.6 Å². The summed E-state index contributed by atoms with van der Waals surface area (Å²) >= 11 is 0. The molecule has 2 amide bonds. The fourth-order valence-corrected chi connectivity index (χ4v) is 11.2. The number of nitrogens with two attached hydrogens (primary N) is 2. The molecule has 12 atom stereocenters. The maximum Gasteiger partial charge on any atom is 0.255 e. The number of phenolic OH excluding ortho intramolecular Hbond substituents is 2. The molecule has 0 aliphatic heterocycles. The molecule has 8 rings (SSSR count). The van der Waals surface area contributed by atoms with Crippen LogP contribution in [-0.4, -0.2) is 165 Å². The second-order valence-electron chi connectivity index (χ2n) is 17.6. The molecule has 21 heteroatoms. The standard InChI is InChI=1S/2C22H24N2O8.H2O/c2*1-7-8-5-4-6-9(25)11(8)16(26)12-10(7)17(27)14-15(24(2)3)18(28)13(21(23)31)20(30)22(14,32)19(12)29;/h2*4-7,10,14-15,17,25,27-29,32H,1-3H3,(H2,23,31);1H2/t2*7-,10+,14-,15-,17-,22-;/m00./s1. The summed E-state index contributed by atoms with van der Waals surface area (Å²) in [6, 6.07) is 6.33. The number of hydrogen-bond donors (Lipinski definition) is 12. The largest absolute Gasteiger partial charge is 0.510 e. The van der Waals surface area contributed by atoms with Gasteiger partial charge in [0.1, 0.15) is 45.7 Å². The highest BCUT2D eigenvalue weighted by Gasteiger charge is 2.69. The van der Waals surface area contributed by atoms with Gasteiger partial charge in [-0.1, -0.05) is 38.1 Å². The molecule has 0 unspecified atom stereocenters. The Labute approximate surface area is 369 Å². The number of nitrogens with zero attached hydrogens (tertiary/aromatic N) is 2. The highest BCUT2D eigenvalue weighted by Crippen LogP contribution is 2.57. The number of carbonyl (C=O) groups is 6. The Morgan fingerprint density at radius 1 is 0.585 bits per heavy atom. The van der Waals surface area contributed by atoms with E-state index in [2.05, 4.69) is 0 Å². The Bertz CT molecular complexity index is 2450. The van der Waals surface area contributed by atoms with Gasteiger partial charge in [-0.25, -0.2) is 0 Å². The Morgan fingerprint density at radius 3 is 1.17 bits per heavy atom. The lowest BCUT2D eigenvalue weighted by molar-refractivity contribution is -0.162. The van der Waals surface area contributed by atoms with Crippen molar-refractivity contribution in [2.45, 2.75) is 61.2 Å². The molecule has 6 aliphatic carbocycles. The molecule has 0 spiro atoms. The lowest BCUT2D eigenvalue weighted by atomic mass is 9.55. The van der Waals surface area contributed by atoms with Crippen LogP contribution >= 0.6 is 0 Å². The van der Waals surface area contributed by atoms with Gasteiger partial charge >= 0.3 is 0 Å². The minimum atomic E-state index is -2.89. The van der Waals surface area contributed by atoms with E-state index in [0.29, 0.717) is 11.1 Å². The summed E-state index contributed by atoms with van der Waals surface area (Å²) in [5.41, 5.74) is 2.73. The monoisotopic (exact) mass is 906 g/mol. The Hall–Kier alpha value is -6.46. The molecule has 65 heavy (non-hydrogen) atoms. The smallest absolute Gasteiger partial charge is 0.255 e. The van der Waals surface area contributed by atoms with E-state index in [0.717, 1.165) is 0 Å². The zero-order valence-corrected chi connectivity index (χ0v) is 35.7. The summed E-state index contributed by atoms with van der Waals surface area (Å²) in [5, 5.41) is 110. The number of aliphatic hydroxyl groups excluding tert-OH is 6. The lowest BCUT2D eigenvalue weighted by Crippen LogP contribution is -2.68. The summed E-state index contributed by atoms with van der Waals surface area (Å²) in [7, 11) is 5.95. The third kappa shape index (κ3) is 6.18. The van der Waals surface area contributed by atoms with Crippen LogP contribution in [-0.2, 0) is 19.2 Å². The summed E-state index contributed by atoms with van der Waals surface area (Å²) < 4.78 is 0. The summed E-state index contributed by atoms with van der Waals surface area (Å²) in [4.78, 5) is 79.6. The van der Waals surface area contributed by atoms with Crippen LogP contribution in [0.1, 0.15) is 57.5 Å². The number of benzene rings is 2. The van der Waals surface area contributed by atoms with Gasteiger partial charge in [0.05, 0.1) is 47.3 Å². The first-order valence-corrected chi connectivity index (χ1v) is 20.0. The van der Waals surface area contributed by atoms with Gasteiger partial charge in [0.25, 0.3) is 11.8 Å². The first kappa shape index (κ1) is 48.0. The van der Waals surface area contributed by atoms with E-state index >= 15 is 0 Å². The van der Waals surface area contributed by atoms with Gasteiger partial charge in [-0.2, -0.15) is 0 Å². The van der Waals surface area contributed by atoms with Crippen molar-refractivity contribution in [3.05, 3.63) is 104 Å². The van der Waals surface area contributed by atoms with Gasteiger partial charge in [-0.15, -0.1) is 0 Å². The van der Waals surface area contributed by atoms with Crippen LogP contribution < -0.4 is 11.5 Å². The van der Waals surface area contributed by atoms with Gasteiger partial charge in [-0.3, -0.25) is 38.6 Å². The SMILES string of the molecule is C[C@H]1c2cccc(O)c2C(=O)C2=C(O)[C@]3(O)C(=O)C(C(N)=O)=C(O)[C@@H](N(C)C)[C@H]3[C@@H](O)[C@@H]21.C[C@H]1c2cccc(O)c2C(=O)C2=C(O)[C@]3(O)C(=O)C(C(N)=O)=C(O)[C@@H](N(C)C)[C@H]3[C@@H](O)[C@@H]21.O. The van der Waals surface area contributed by atoms with Crippen molar-refractivity contribution in [1.82, 2.24) is 9.80 Å². The molecule has 21 nitrogen and oxygen atoms in total. The average Bonchev–Trinajstić information content (AvgIpc) is 3.20. The lowest BCUT2D eigenvalue weighted by Gasteiger charge is -2.53. The number of rotatable bonds is 4. The van der Waals surface area contributed by atoms with Crippen LogP contribution in [0, 0.1) is 23.7 Å². The van der Waals surface area contributed by atoms with E-state index in [1.54, 1.807) is 38.1 Å². The van der Waals surface area contributed by atoms with E-state index in [9.17, 15) is 79.8 Å². The molecule has 0 heterocycles. The number of ketones is 4. The first-order chi connectivity index (χ1) is 29.7. The van der Waals surface area contributed by atoms with Crippen molar-refractivity contribution >= 4 is 34.9 Å². The van der Waals surface area contributed by atoms with E-state index in [1.807, 2.05) is 0 Å². The van der Waals surface area contributed by atoms with Crippen molar-refractivity contribution in [2.24, 2.45) is 35.1 Å². The molecule has 0 radical (unpaired) electrons. The molecule has 2 aromatic rings. The molecule has 0 fully saturated rings. The van der Waals surface area contributed by atoms with Crippen molar-refractivity contribution in [3.63, 3.8) is 0 Å². The predicted octanol–water partition coefficient (Wildman–Crippen LogP) is -1.52. The topological polar surface area (TPSA) is 395 Å². The number of fused-ring (bicyclic) bond motifs is 6. The molecule has 16 N–H and O–H groups in total. The second kappa shape index (κ2) is 15.9. The Balaban J connectivity index is 0.000000212. The minimum Gasteiger partial charge on any atom is -0.510 e. The van der Waals surface area contributed by atoms with Gasteiger partial charge in [0.15, 0.2) is 22.8 Å². The summed E-state index contributed by atoms with van der Waals surface area (Å²) in [6.07, 6.45) is -3.18. The number of Topliss-reactive ketones (excluding diaryl/α,β-unsaturated/α-hetero) is 4. The number of likely N-dealkylation sites (N-methyl/N-ethyl adjacent to an activating group) is 2. The number of amides is 2. The Kier molecular flexibility index (Phi) is 11.7. The fourth-order valence-electron chi connectivity index (χ4n) is 11.2. The third-order valence-electron chi connectivity index (χ3n) is 14.0. The molecule has 0 aromatic heterocycles. The molecule has 0 saturated heterocycles. The highest BCUT2D eigenvalue weighted by molar-refractivity contribution is 6.26. The quantitative estimate of drug-likeness (QED) is 0.155. The molecule has 0 bridgehead atoms. The van der Waals surface area contributed by atoms with Crippen LogP contribution in [0.15, 0.2) is 81.7 Å². The minimum absolute atomic E-state index is 0. The number of hydrogen-bond acceptors (Lipinski definition) is 18. The second-order valence-corrected chi connectivity index (χ2v) is 17.6. The molecule has 6 aliphatic rings. The number of phenols is 2. The normalized spacial score (nSPS) is 33.8. The van der Waals surface area contributed by atoms with Crippen LogP contribution in [0.5, 0.6) is 11.5 Å². The van der Waals surface area contributed by atoms with Crippen LogP contribution in [0.3, 0.4) is 0 Å². The van der Waals surface area contributed by atoms with E-state index in [4.69, 9.17) is 11.5 Å². The van der Waals surface area contributed by atoms with Crippen LogP contribution in [0.25, 0.3) is 0 Å². The first-order valence-electron chi connectivity index (χ1n) is 20.0. The van der Waals surface area contributed by atoms with Gasteiger partial charge in [-0.05, 0) is 63.3 Å². The molecule has 348 valence electrons. The highest BCUT2D eigenvalue weighted by atomic mass is 16.4. The van der Waals surface area contributed by atoms with Crippen molar-refractivity contribution in [1.29, 1.82) is 0 Å². The molecule has 2 aromatic carbocycles. The fraction of sp³-hybridized carbons (Fsp3) is 0.409. The number of aliphatic hydroxyl groups is 8. The van der Waals surface area contributed by atoms with Crippen LogP contribution in [0.2, 0.25) is 0 Å². The number of aromatic hydroxyl groups is 2. The molecule has 0 saturated carbocycles. The zero-order valence-electron chi connectivity index (χ0n) is 35.7. The maximum atomic E-state index is 13.3. The van der Waals surface area contributed by atoms with Crippen molar-refractivity contribution < 1.29 is 85.3 Å². The van der Waals surface area contributed by atoms with E-state index in [-0.39, 0.29) is 28.1 Å². The predicted molar refractivity (Wildman–Crippen MR) is 223 cm³/mol. The van der Waals surface area contributed by atoms with Gasteiger partial charge < -0.3 is 68.0 Å². The number of carbonyl (C=O) groups excluding carboxylic acids is 6.